The number of aromatic amines is 1. The molecule has 2 aromatic heterocycles. The number of benzene rings is 2. The second-order valence-electron chi connectivity index (χ2n) is 5.98. The monoisotopic (exact) mass is 467 g/mol. The van der Waals surface area contributed by atoms with Crippen LogP contribution >= 0.6 is 11.5 Å². The van der Waals surface area contributed by atoms with Crippen LogP contribution in [-0.4, -0.2) is 28.0 Å². The number of H-pyrrole nitrogens is 1. The van der Waals surface area contributed by atoms with E-state index in [0.29, 0.717) is 0 Å². The lowest BCUT2D eigenvalue weighted by Gasteiger charge is -2.22. The van der Waals surface area contributed by atoms with Gasteiger partial charge in [0.2, 0.25) is 5.13 Å². The molecule has 4 aromatic rings. The van der Waals surface area contributed by atoms with Crippen LogP contribution < -0.4 is 9.04 Å². The molecule has 1 N–H and O–H groups in total. The van der Waals surface area contributed by atoms with E-state index < -0.39 is 32.4 Å². The van der Waals surface area contributed by atoms with E-state index in [2.05, 4.69) is 19.6 Å². The third-order valence-electron chi connectivity index (χ3n) is 3.99. The van der Waals surface area contributed by atoms with Crippen LogP contribution in [0.1, 0.15) is 5.56 Å². The van der Waals surface area contributed by atoms with E-state index in [-0.39, 0.29) is 16.7 Å². The maximum Gasteiger partial charge on any atom is 0.420 e. The quantitative estimate of drug-likeness (QED) is 0.445. The van der Waals surface area contributed by atoms with Crippen LogP contribution in [0, 0.1) is 0 Å². The zero-order chi connectivity index (χ0) is 22.1. The highest BCUT2D eigenvalue weighted by Gasteiger charge is 2.40. The molecule has 0 bridgehead atoms. The number of sulfonamides is 1. The van der Waals surface area contributed by atoms with Gasteiger partial charge in [0.15, 0.2) is 5.75 Å². The molecule has 2 heterocycles. The van der Waals surface area contributed by atoms with E-state index >= 15 is 0 Å². The van der Waals surface area contributed by atoms with E-state index in [0.717, 1.165) is 40.4 Å². The molecule has 0 saturated heterocycles. The number of nitrogens with one attached hydrogen (secondary N) is 1. The van der Waals surface area contributed by atoms with Crippen molar-refractivity contribution in [3.63, 3.8) is 0 Å². The van der Waals surface area contributed by atoms with Gasteiger partial charge >= 0.3 is 6.18 Å². The second-order valence-corrected chi connectivity index (χ2v) is 8.49. The molecule has 160 valence electrons. The molecule has 0 aliphatic carbocycles. The summed E-state index contributed by atoms with van der Waals surface area (Å²) >= 11 is 0.745. The van der Waals surface area contributed by atoms with Gasteiger partial charge < -0.3 is 4.74 Å². The smallest absolute Gasteiger partial charge is 0.420 e. The number of nitrogens with zero attached hydrogens (tertiary/aromatic N) is 4. The van der Waals surface area contributed by atoms with Crippen LogP contribution in [0.4, 0.5) is 24.1 Å². The molecule has 0 fully saturated rings. The fourth-order valence-corrected chi connectivity index (χ4v) is 5.00. The van der Waals surface area contributed by atoms with Crippen molar-refractivity contribution in [3.8, 4) is 11.5 Å². The Kier molecular flexibility index (Phi) is 5.37. The SMILES string of the molecule is O=S(=O)(c1cccc(C(F)(F)F)c1Oc1ccccc1)N(c1ccn[nH]1)c1ncns1. The van der Waals surface area contributed by atoms with Gasteiger partial charge in [0, 0.05) is 17.6 Å². The molecule has 0 amide bonds. The highest BCUT2D eigenvalue weighted by Crippen LogP contribution is 2.44. The highest BCUT2D eigenvalue weighted by atomic mass is 32.2. The van der Waals surface area contributed by atoms with Crippen molar-refractivity contribution < 1.29 is 26.3 Å². The molecule has 0 spiro atoms. The largest absolute Gasteiger partial charge is 0.455 e. The molecule has 0 aliphatic rings. The zero-order valence-electron chi connectivity index (χ0n) is 15.3. The molecule has 0 aliphatic heterocycles. The minimum atomic E-state index is -4.86. The van der Waals surface area contributed by atoms with Crippen LogP contribution in [0.15, 0.2) is 72.0 Å². The molecule has 13 heteroatoms. The molecule has 31 heavy (non-hydrogen) atoms. The zero-order valence-corrected chi connectivity index (χ0v) is 16.9. The van der Waals surface area contributed by atoms with Crippen LogP contribution in [0.25, 0.3) is 0 Å². The molecular weight excluding hydrogens is 455 g/mol. The predicted molar refractivity (Wildman–Crippen MR) is 106 cm³/mol. The Morgan fingerprint density at radius 1 is 1.03 bits per heavy atom. The number of hydrogen-bond acceptors (Lipinski definition) is 7. The third kappa shape index (κ3) is 4.09. The molecule has 0 radical (unpaired) electrons. The molecule has 0 saturated carbocycles. The van der Waals surface area contributed by atoms with Crippen LogP contribution in [-0.2, 0) is 16.2 Å². The first-order valence-corrected chi connectivity index (χ1v) is 10.7. The minimum absolute atomic E-state index is 0.0279. The van der Waals surface area contributed by atoms with E-state index in [9.17, 15) is 21.6 Å². The highest BCUT2D eigenvalue weighted by molar-refractivity contribution is 7.93. The maximum atomic E-state index is 13.7. The van der Waals surface area contributed by atoms with Gasteiger partial charge in [-0.15, -0.1) is 0 Å². The van der Waals surface area contributed by atoms with Gasteiger partial charge in [0.1, 0.15) is 22.8 Å². The number of hydrogen-bond donors (Lipinski definition) is 1. The Hall–Kier alpha value is -3.45. The summed E-state index contributed by atoms with van der Waals surface area (Å²) in [5, 5.41) is 6.12. The van der Waals surface area contributed by atoms with Gasteiger partial charge in [-0.05, 0) is 24.3 Å². The molecule has 2 aromatic carbocycles. The van der Waals surface area contributed by atoms with Crippen molar-refractivity contribution in [3.05, 3.63) is 72.7 Å². The average molecular weight is 467 g/mol. The van der Waals surface area contributed by atoms with Gasteiger partial charge in [-0.1, -0.05) is 24.3 Å². The summed E-state index contributed by atoms with van der Waals surface area (Å²) in [4.78, 5) is 3.19. The van der Waals surface area contributed by atoms with Gasteiger partial charge in [-0.3, -0.25) is 5.10 Å². The van der Waals surface area contributed by atoms with Gasteiger partial charge in [-0.2, -0.15) is 26.9 Å². The first-order chi connectivity index (χ1) is 14.8. The lowest BCUT2D eigenvalue weighted by molar-refractivity contribution is -0.138. The molecular formula is C18H12F3N5O3S2. The molecule has 4 rings (SSSR count). The van der Waals surface area contributed by atoms with Gasteiger partial charge in [0.25, 0.3) is 10.0 Å². The van der Waals surface area contributed by atoms with Crippen molar-refractivity contribution in [1.29, 1.82) is 0 Å². The van der Waals surface area contributed by atoms with Crippen LogP contribution in [0.2, 0.25) is 0 Å². The van der Waals surface area contributed by atoms with Crippen molar-refractivity contribution >= 4 is 32.5 Å². The Morgan fingerprint density at radius 3 is 2.42 bits per heavy atom. The van der Waals surface area contributed by atoms with Crippen molar-refractivity contribution in [1.82, 2.24) is 19.6 Å². The standard InChI is InChI=1S/C18H12F3N5O3S2/c19-18(20,21)13-7-4-8-14(16(13)29-12-5-2-1-3-6-12)31(27,28)26(15-9-10-23-25-15)17-22-11-24-30-17/h1-11H,(H,23,25). The average Bonchev–Trinajstić information content (AvgIpc) is 3.43. The summed E-state index contributed by atoms with van der Waals surface area (Å²) in [6, 6.07) is 11.7. The fraction of sp³-hybridized carbons (Fsp3) is 0.0556. The summed E-state index contributed by atoms with van der Waals surface area (Å²) in [5.41, 5.74) is -1.24. The Balaban J connectivity index is 1.94. The Bertz CT molecular complexity index is 1230. The summed E-state index contributed by atoms with van der Waals surface area (Å²) in [7, 11) is -4.64. The number of ether oxygens (including phenoxy) is 1. The summed E-state index contributed by atoms with van der Waals surface area (Å²) in [6.07, 6.45) is -2.43. The second kappa shape index (κ2) is 8.00. The lowest BCUT2D eigenvalue weighted by Crippen LogP contribution is -2.27. The fourth-order valence-electron chi connectivity index (χ4n) is 2.71. The van der Waals surface area contributed by atoms with Gasteiger partial charge in [0.05, 0.1) is 11.8 Å². The number of aromatic nitrogens is 4. The number of halogens is 3. The van der Waals surface area contributed by atoms with Crippen molar-refractivity contribution in [2.45, 2.75) is 11.1 Å². The van der Waals surface area contributed by atoms with Gasteiger partial charge in [-0.25, -0.2) is 13.4 Å². The first kappa shape index (κ1) is 20.8. The number of para-hydroxylation sites is 2. The minimum Gasteiger partial charge on any atom is -0.455 e. The van der Waals surface area contributed by atoms with Crippen molar-refractivity contribution in [2.75, 3.05) is 4.31 Å². The lowest BCUT2D eigenvalue weighted by atomic mass is 10.2. The van der Waals surface area contributed by atoms with Crippen LogP contribution in [0.3, 0.4) is 0 Å². The maximum absolute atomic E-state index is 13.7. The van der Waals surface area contributed by atoms with E-state index in [4.69, 9.17) is 4.74 Å². The number of alkyl halides is 3. The summed E-state index contributed by atoms with van der Waals surface area (Å²) in [5.74, 6) is -0.838. The Morgan fingerprint density at radius 2 is 1.81 bits per heavy atom. The molecule has 0 atom stereocenters. The van der Waals surface area contributed by atoms with E-state index in [1.54, 1.807) is 18.2 Å². The Labute approximate surface area is 178 Å². The molecule has 0 unspecified atom stereocenters. The van der Waals surface area contributed by atoms with Crippen molar-refractivity contribution in [2.24, 2.45) is 0 Å². The number of rotatable bonds is 6. The normalized spacial score (nSPS) is 12.0. The number of anilines is 2. The predicted octanol–water partition coefficient (Wildman–Crippen LogP) is 4.60. The van der Waals surface area contributed by atoms with E-state index in [1.807, 2.05) is 0 Å². The topological polar surface area (TPSA) is 101 Å². The summed E-state index contributed by atoms with van der Waals surface area (Å²) in [6.45, 7) is 0. The third-order valence-corrected chi connectivity index (χ3v) is 6.49. The van der Waals surface area contributed by atoms with Crippen LogP contribution in [0.5, 0.6) is 11.5 Å². The first-order valence-electron chi connectivity index (χ1n) is 8.53. The van der Waals surface area contributed by atoms with E-state index in [1.165, 1.54) is 24.4 Å². The summed E-state index contributed by atoms with van der Waals surface area (Å²) < 4.78 is 78.4. The molecule has 8 nitrogen and oxygen atoms in total.